The van der Waals surface area contributed by atoms with Gasteiger partial charge in [0, 0.05) is 5.56 Å². The molecule has 15 heavy (non-hydrogen) atoms. The van der Waals surface area contributed by atoms with Crippen molar-refractivity contribution in [2.75, 3.05) is 6.54 Å². The minimum absolute atomic E-state index is 0.263. The first-order chi connectivity index (χ1) is 7.27. The van der Waals surface area contributed by atoms with Crippen LogP contribution in [0.25, 0.3) is 0 Å². The largest absolute Gasteiger partial charge is 0.487 e. The first kappa shape index (κ1) is 11.0. The number of fused-ring (bicyclic) bond motifs is 1. The summed E-state index contributed by atoms with van der Waals surface area (Å²) in [5.41, 5.74) is 1.28. The van der Waals surface area contributed by atoms with Gasteiger partial charge in [0.1, 0.15) is 11.9 Å². The Kier molecular flexibility index (Phi) is 3.32. The molecule has 0 saturated carbocycles. The van der Waals surface area contributed by atoms with Crippen LogP contribution in [0.2, 0.25) is 0 Å². The Morgan fingerprint density at radius 3 is 2.87 bits per heavy atom. The number of likely N-dealkylation sites (N-methyl/N-ethyl adjacent to an activating group) is 1. The van der Waals surface area contributed by atoms with Crippen molar-refractivity contribution in [2.45, 2.75) is 32.4 Å². The lowest BCUT2D eigenvalue weighted by Crippen LogP contribution is -2.30. The summed E-state index contributed by atoms with van der Waals surface area (Å²) in [4.78, 5) is 0. The average molecular weight is 270 g/mol. The fourth-order valence-corrected chi connectivity index (χ4v) is 2.57. The number of hydrogen-bond donors (Lipinski definition) is 1. The van der Waals surface area contributed by atoms with E-state index in [0.717, 1.165) is 23.2 Å². The lowest BCUT2D eigenvalue weighted by atomic mass is 10.0. The number of benzene rings is 1. The molecule has 2 rings (SSSR count). The molecule has 0 aromatic heterocycles. The van der Waals surface area contributed by atoms with Crippen LogP contribution >= 0.6 is 15.9 Å². The quantitative estimate of drug-likeness (QED) is 0.910. The molecule has 0 saturated heterocycles. The zero-order chi connectivity index (χ0) is 10.8. The molecule has 0 bridgehead atoms. The van der Waals surface area contributed by atoms with Crippen molar-refractivity contribution < 1.29 is 4.74 Å². The van der Waals surface area contributed by atoms with Crippen molar-refractivity contribution in [2.24, 2.45) is 0 Å². The van der Waals surface area contributed by atoms with E-state index in [0.29, 0.717) is 6.04 Å². The highest BCUT2D eigenvalue weighted by Crippen LogP contribution is 2.42. The third kappa shape index (κ3) is 1.91. The minimum atomic E-state index is 0.263. The molecule has 1 heterocycles. The van der Waals surface area contributed by atoms with E-state index in [9.17, 15) is 0 Å². The van der Waals surface area contributed by atoms with Gasteiger partial charge in [-0.2, -0.15) is 0 Å². The summed E-state index contributed by atoms with van der Waals surface area (Å²) in [6, 6.07) is 6.57. The molecule has 0 radical (unpaired) electrons. The summed E-state index contributed by atoms with van der Waals surface area (Å²) in [6.45, 7) is 5.26. The van der Waals surface area contributed by atoms with Crippen LogP contribution in [-0.2, 0) is 0 Å². The van der Waals surface area contributed by atoms with Crippen molar-refractivity contribution >= 4 is 15.9 Å². The zero-order valence-corrected chi connectivity index (χ0v) is 10.7. The van der Waals surface area contributed by atoms with Crippen molar-refractivity contribution in [3.05, 3.63) is 28.2 Å². The van der Waals surface area contributed by atoms with Crippen LogP contribution < -0.4 is 10.1 Å². The molecule has 0 spiro atoms. The first-order valence-corrected chi connectivity index (χ1v) is 6.25. The van der Waals surface area contributed by atoms with E-state index >= 15 is 0 Å². The van der Waals surface area contributed by atoms with E-state index in [1.165, 1.54) is 5.56 Å². The van der Waals surface area contributed by atoms with Crippen LogP contribution in [0.15, 0.2) is 22.7 Å². The molecule has 1 aromatic carbocycles. The maximum Gasteiger partial charge on any atom is 0.138 e. The Morgan fingerprint density at radius 2 is 2.20 bits per heavy atom. The number of hydrogen-bond acceptors (Lipinski definition) is 2. The highest BCUT2D eigenvalue weighted by molar-refractivity contribution is 9.10. The third-order valence-electron chi connectivity index (χ3n) is 2.80. The Morgan fingerprint density at radius 1 is 1.40 bits per heavy atom. The number of para-hydroxylation sites is 1. The molecule has 3 heteroatoms. The van der Waals surface area contributed by atoms with Crippen LogP contribution in [-0.4, -0.2) is 12.6 Å². The number of nitrogens with one attached hydrogen (secondary N) is 1. The van der Waals surface area contributed by atoms with Gasteiger partial charge >= 0.3 is 0 Å². The van der Waals surface area contributed by atoms with Crippen molar-refractivity contribution in [3.8, 4) is 5.75 Å². The monoisotopic (exact) mass is 269 g/mol. The van der Waals surface area contributed by atoms with Gasteiger partial charge in [0.25, 0.3) is 0 Å². The minimum Gasteiger partial charge on any atom is -0.487 e. The molecule has 1 aliphatic heterocycles. The molecule has 2 nitrogen and oxygen atoms in total. The van der Waals surface area contributed by atoms with Gasteiger partial charge in [0.05, 0.1) is 10.5 Å². The standard InChI is InChI=1S/C12H16BrNO/c1-3-10-11(14-4-2)8-6-5-7-9(13)12(8)15-10/h5-7,10-11,14H,3-4H2,1-2H3. The summed E-state index contributed by atoms with van der Waals surface area (Å²) in [6.07, 6.45) is 1.29. The molecular formula is C12H16BrNO. The highest BCUT2D eigenvalue weighted by Gasteiger charge is 2.33. The topological polar surface area (TPSA) is 21.3 Å². The summed E-state index contributed by atoms with van der Waals surface area (Å²) in [7, 11) is 0. The van der Waals surface area contributed by atoms with Crippen LogP contribution in [0.3, 0.4) is 0 Å². The lowest BCUT2D eigenvalue weighted by molar-refractivity contribution is 0.185. The van der Waals surface area contributed by atoms with Gasteiger partial charge in [-0.15, -0.1) is 0 Å². The molecular weight excluding hydrogens is 254 g/mol. The van der Waals surface area contributed by atoms with Gasteiger partial charge < -0.3 is 10.1 Å². The second-order valence-electron chi connectivity index (χ2n) is 3.76. The average Bonchev–Trinajstić information content (AvgIpc) is 2.59. The Labute approximate surface area is 99.1 Å². The summed E-state index contributed by atoms with van der Waals surface area (Å²) < 4.78 is 7.00. The van der Waals surface area contributed by atoms with E-state index < -0.39 is 0 Å². The molecule has 0 amide bonds. The van der Waals surface area contributed by atoms with E-state index in [1.54, 1.807) is 0 Å². The number of halogens is 1. The molecule has 0 aliphatic carbocycles. The lowest BCUT2D eigenvalue weighted by Gasteiger charge is -2.17. The fourth-order valence-electron chi connectivity index (χ4n) is 2.09. The summed E-state index contributed by atoms with van der Waals surface area (Å²) >= 11 is 3.53. The second kappa shape index (κ2) is 4.54. The van der Waals surface area contributed by atoms with E-state index in [1.807, 2.05) is 6.07 Å². The van der Waals surface area contributed by atoms with Gasteiger partial charge in [0.15, 0.2) is 0 Å². The molecule has 1 aliphatic rings. The van der Waals surface area contributed by atoms with E-state index in [4.69, 9.17) is 4.74 Å². The van der Waals surface area contributed by atoms with Crippen LogP contribution in [0, 0.1) is 0 Å². The molecule has 1 N–H and O–H groups in total. The molecule has 0 fully saturated rings. The highest BCUT2D eigenvalue weighted by atomic mass is 79.9. The normalized spacial score (nSPS) is 23.7. The van der Waals surface area contributed by atoms with Gasteiger partial charge in [0.2, 0.25) is 0 Å². The number of rotatable bonds is 3. The molecule has 2 unspecified atom stereocenters. The molecule has 2 atom stereocenters. The predicted octanol–water partition coefficient (Wildman–Crippen LogP) is 3.27. The molecule has 1 aromatic rings. The van der Waals surface area contributed by atoms with Crippen molar-refractivity contribution in [3.63, 3.8) is 0 Å². The van der Waals surface area contributed by atoms with Crippen LogP contribution in [0.1, 0.15) is 31.9 Å². The Bertz CT molecular complexity index is 353. The van der Waals surface area contributed by atoms with E-state index in [2.05, 4.69) is 47.2 Å². The first-order valence-electron chi connectivity index (χ1n) is 5.46. The Hall–Kier alpha value is -0.540. The van der Waals surface area contributed by atoms with Gasteiger partial charge in [-0.25, -0.2) is 0 Å². The molecule has 82 valence electrons. The van der Waals surface area contributed by atoms with Crippen molar-refractivity contribution in [1.82, 2.24) is 5.32 Å². The summed E-state index contributed by atoms with van der Waals surface area (Å²) in [5, 5.41) is 3.48. The predicted molar refractivity (Wildman–Crippen MR) is 65.3 cm³/mol. The summed E-state index contributed by atoms with van der Waals surface area (Å²) in [5.74, 6) is 1.01. The van der Waals surface area contributed by atoms with Gasteiger partial charge in [-0.1, -0.05) is 26.0 Å². The smallest absolute Gasteiger partial charge is 0.138 e. The number of ether oxygens (including phenoxy) is 1. The van der Waals surface area contributed by atoms with Crippen LogP contribution in [0.4, 0.5) is 0 Å². The van der Waals surface area contributed by atoms with Crippen molar-refractivity contribution in [1.29, 1.82) is 0 Å². The zero-order valence-electron chi connectivity index (χ0n) is 9.09. The maximum absolute atomic E-state index is 5.94. The van der Waals surface area contributed by atoms with Gasteiger partial charge in [-0.05, 0) is 35.0 Å². The fraction of sp³-hybridized carbons (Fsp3) is 0.500. The van der Waals surface area contributed by atoms with E-state index in [-0.39, 0.29) is 6.10 Å². The SMILES string of the molecule is CCNC1c2cccc(Br)c2OC1CC. The Balaban J connectivity index is 2.35. The van der Waals surface area contributed by atoms with Crippen LogP contribution in [0.5, 0.6) is 5.75 Å². The van der Waals surface area contributed by atoms with Gasteiger partial charge in [-0.3, -0.25) is 0 Å². The second-order valence-corrected chi connectivity index (χ2v) is 4.61. The third-order valence-corrected chi connectivity index (χ3v) is 3.42. The maximum atomic E-state index is 5.94.